The maximum Gasteiger partial charge on any atom is 0.174 e. The quantitative estimate of drug-likeness (QED) is 0.803. The summed E-state index contributed by atoms with van der Waals surface area (Å²) in [4.78, 5) is 0. The van der Waals surface area contributed by atoms with Crippen LogP contribution in [0, 0.1) is 5.92 Å². The van der Waals surface area contributed by atoms with Crippen molar-refractivity contribution < 1.29 is 4.74 Å². The van der Waals surface area contributed by atoms with Crippen LogP contribution in [0.5, 0.6) is 5.75 Å². The molecule has 0 aliphatic heterocycles. The van der Waals surface area contributed by atoms with E-state index in [0.29, 0.717) is 23.3 Å². The molecule has 1 aromatic heterocycles. The van der Waals surface area contributed by atoms with E-state index < -0.39 is 0 Å². The van der Waals surface area contributed by atoms with Gasteiger partial charge in [0.05, 0.1) is 12.8 Å². The minimum absolute atomic E-state index is 0.174. The summed E-state index contributed by atoms with van der Waals surface area (Å²) in [5, 5.41) is 7.75. The second kappa shape index (κ2) is 5.37. The molecule has 0 spiro atoms. The van der Waals surface area contributed by atoms with Crippen molar-refractivity contribution in [3.8, 4) is 5.75 Å². The van der Waals surface area contributed by atoms with Crippen LogP contribution in [0.25, 0.3) is 0 Å². The van der Waals surface area contributed by atoms with Gasteiger partial charge in [0.2, 0.25) is 0 Å². The van der Waals surface area contributed by atoms with E-state index in [1.807, 2.05) is 0 Å². The third kappa shape index (κ3) is 3.00. The first-order chi connectivity index (χ1) is 6.65. The van der Waals surface area contributed by atoms with E-state index in [9.17, 15) is 0 Å². The summed E-state index contributed by atoms with van der Waals surface area (Å²) in [5.74, 6) is 0.977. The molecule has 0 bridgehead atoms. The van der Waals surface area contributed by atoms with Crippen LogP contribution < -0.4 is 4.74 Å². The Morgan fingerprint density at radius 1 is 1.50 bits per heavy atom. The Balaban J connectivity index is 2.63. The molecule has 5 heteroatoms. The van der Waals surface area contributed by atoms with E-state index in [4.69, 9.17) is 27.9 Å². The van der Waals surface area contributed by atoms with Crippen molar-refractivity contribution in [2.75, 3.05) is 6.61 Å². The van der Waals surface area contributed by atoms with E-state index in [-0.39, 0.29) is 5.15 Å². The molecular formula is C9H12Cl2N2O. The lowest BCUT2D eigenvalue weighted by Crippen LogP contribution is -2.08. The van der Waals surface area contributed by atoms with Crippen LogP contribution in [0.1, 0.15) is 20.3 Å². The Morgan fingerprint density at radius 3 is 2.86 bits per heavy atom. The summed E-state index contributed by atoms with van der Waals surface area (Å²) in [5.41, 5.74) is 0. The van der Waals surface area contributed by atoms with Crippen LogP contribution >= 0.6 is 23.2 Å². The average Bonchev–Trinajstić information content (AvgIpc) is 2.20. The van der Waals surface area contributed by atoms with Crippen molar-refractivity contribution in [2.45, 2.75) is 20.3 Å². The van der Waals surface area contributed by atoms with Crippen LogP contribution in [-0.2, 0) is 0 Å². The fourth-order valence-corrected chi connectivity index (χ4v) is 1.06. The van der Waals surface area contributed by atoms with Crippen LogP contribution in [-0.4, -0.2) is 16.8 Å². The highest BCUT2D eigenvalue weighted by molar-refractivity contribution is 6.42. The van der Waals surface area contributed by atoms with Gasteiger partial charge in [0.15, 0.2) is 10.9 Å². The van der Waals surface area contributed by atoms with Gasteiger partial charge in [0, 0.05) is 0 Å². The number of halogens is 2. The molecule has 1 atom stereocenters. The lowest BCUT2D eigenvalue weighted by Gasteiger charge is -2.11. The predicted octanol–water partition coefficient (Wildman–Crippen LogP) is 3.21. The van der Waals surface area contributed by atoms with Crippen LogP contribution in [0.4, 0.5) is 0 Å². The number of nitrogens with zero attached hydrogens (tertiary/aromatic N) is 2. The van der Waals surface area contributed by atoms with Gasteiger partial charge < -0.3 is 4.74 Å². The first kappa shape index (κ1) is 11.5. The molecule has 0 radical (unpaired) electrons. The largest absolute Gasteiger partial charge is 0.490 e. The van der Waals surface area contributed by atoms with Gasteiger partial charge in [-0.15, -0.1) is 5.10 Å². The second-order valence-electron chi connectivity index (χ2n) is 3.14. The number of hydrogen-bond donors (Lipinski definition) is 0. The number of aromatic nitrogens is 2. The third-order valence-electron chi connectivity index (χ3n) is 1.94. The van der Waals surface area contributed by atoms with Gasteiger partial charge in [-0.3, -0.25) is 0 Å². The number of hydrogen-bond acceptors (Lipinski definition) is 3. The van der Waals surface area contributed by atoms with E-state index in [0.717, 1.165) is 6.42 Å². The zero-order valence-corrected chi connectivity index (χ0v) is 9.64. The van der Waals surface area contributed by atoms with Crippen molar-refractivity contribution in [2.24, 2.45) is 5.92 Å². The van der Waals surface area contributed by atoms with Gasteiger partial charge in [-0.25, -0.2) is 0 Å². The van der Waals surface area contributed by atoms with Gasteiger partial charge in [0.1, 0.15) is 5.02 Å². The topological polar surface area (TPSA) is 35.0 Å². The summed E-state index contributed by atoms with van der Waals surface area (Å²) >= 11 is 11.5. The van der Waals surface area contributed by atoms with Crippen molar-refractivity contribution >= 4 is 23.2 Å². The molecule has 1 heterocycles. The lowest BCUT2D eigenvalue weighted by molar-refractivity contribution is 0.255. The van der Waals surface area contributed by atoms with E-state index in [2.05, 4.69) is 24.0 Å². The fraction of sp³-hybridized carbons (Fsp3) is 0.556. The van der Waals surface area contributed by atoms with Crippen LogP contribution in [0.15, 0.2) is 6.20 Å². The molecule has 78 valence electrons. The van der Waals surface area contributed by atoms with Crippen LogP contribution in [0.2, 0.25) is 10.2 Å². The number of rotatable bonds is 4. The summed E-state index contributed by atoms with van der Waals surface area (Å²) in [7, 11) is 0. The molecule has 0 aliphatic rings. The minimum Gasteiger partial charge on any atom is -0.490 e. The molecule has 0 fully saturated rings. The zero-order valence-electron chi connectivity index (χ0n) is 8.13. The first-order valence-corrected chi connectivity index (χ1v) is 5.20. The molecule has 0 saturated heterocycles. The molecular weight excluding hydrogens is 223 g/mol. The molecule has 14 heavy (non-hydrogen) atoms. The molecule has 0 amide bonds. The maximum absolute atomic E-state index is 5.86. The fourth-order valence-electron chi connectivity index (χ4n) is 0.785. The summed E-state index contributed by atoms with van der Waals surface area (Å²) in [6.45, 7) is 4.82. The normalized spacial score (nSPS) is 12.6. The summed E-state index contributed by atoms with van der Waals surface area (Å²) < 4.78 is 5.45. The molecule has 1 rings (SSSR count). The Labute approximate surface area is 93.4 Å². The van der Waals surface area contributed by atoms with Crippen molar-refractivity contribution in [1.82, 2.24) is 10.2 Å². The van der Waals surface area contributed by atoms with Gasteiger partial charge in [-0.1, -0.05) is 43.5 Å². The second-order valence-corrected chi connectivity index (χ2v) is 3.87. The minimum atomic E-state index is 0.174. The highest BCUT2D eigenvalue weighted by Crippen LogP contribution is 2.28. The summed E-state index contributed by atoms with van der Waals surface area (Å²) in [6, 6.07) is 0. The summed E-state index contributed by atoms with van der Waals surface area (Å²) in [6.07, 6.45) is 2.53. The molecule has 0 saturated carbocycles. The third-order valence-corrected chi connectivity index (χ3v) is 2.66. The van der Waals surface area contributed by atoms with Crippen molar-refractivity contribution in [3.05, 3.63) is 16.4 Å². The van der Waals surface area contributed by atoms with E-state index in [1.165, 1.54) is 6.20 Å². The molecule has 0 N–H and O–H groups in total. The molecule has 1 unspecified atom stereocenters. The maximum atomic E-state index is 5.86. The van der Waals surface area contributed by atoms with Crippen LogP contribution in [0.3, 0.4) is 0 Å². The Morgan fingerprint density at radius 2 is 2.21 bits per heavy atom. The van der Waals surface area contributed by atoms with Crippen molar-refractivity contribution in [1.29, 1.82) is 0 Å². The van der Waals surface area contributed by atoms with Gasteiger partial charge >= 0.3 is 0 Å². The Kier molecular flexibility index (Phi) is 4.42. The first-order valence-electron chi connectivity index (χ1n) is 4.44. The van der Waals surface area contributed by atoms with E-state index >= 15 is 0 Å². The highest BCUT2D eigenvalue weighted by Gasteiger charge is 2.08. The van der Waals surface area contributed by atoms with Gasteiger partial charge in [-0.2, -0.15) is 5.10 Å². The molecule has 3 nitrogen and oxygen atoms in total. The predicted molar refractivity (Wildman–Crippen MR) is 57.0 cm³/mol. The SMILES string of the molecule is CCC(C)COc1cnnc(Cl)c1Cl. The molecule has 1 aromatic rings. The lowest BCUT2D eigenvalue weighted by atomic mass is 10.1. The Hall–Kier alpha value is -0.540. The monoisotopic (exact) mass is 234 g/mol. The van der Waals surface area contributed by atoms with E-state index in [1.54, 1.807) is 0 Å². The van der Waals surface area contributed by atoms with Gasteiger partial charge in [0.25, 0.3) is 0 Å². The molecule has 0 aromatic carbocycles. The zero-order chi connectivity index (χ0) is 10.6. The van der Waals surface area contributed by atoms with Gasteiger partial charge in [-0.05, 0) is 5.92 Å². The standard InChI is InChI=1S/C9H12Cl2N2O/c1-3-6(2)5-14-7-4-12-13-9(11)8(7)10/h4,6H,3,5H2,1-2H3. The Bertz CT molecular complexity index is 307. The average molecular weight is 235 g/mol. The smallest absolute Gasteiger partial charge is 0.174 e. The number of ether oxygens (including phenoxy) is 1. The van der Waals surface area contributed by atoms with Crippen molar-refractivity contribution in [3.63, 3.8) is 0 Å². The highest BCUT2D eigenvalue weighted by atomic mass is 35.5. The molecule has 0 aliphatic carbocycles.